The highest BCUT2D eigenvalue weighted by atomic mass is 35.5. The molecule has 0 spiro atoms. The number of carbonyl (C=O) groups is 1. The predicted molar refractivity (Wildman–Crippen MR) is 70.3 cm³/mol. The lowest BCUT2D eigenvalue weighted by molar-refractivity contribution is -0.121. The summed E-state index contributed by atoms with van der Waals surface area (Å²) in [4.78, 5) is 11.6. The van der Waals surface area contributed by atoms with E-state index < -0.39 is 6.10 Å². The van der Waals surface area contributed by atoms with E-state index in [9.17, 15) is 9.90 Å². The summed E-state index contributed by atoms with van der Waals surface area (Å²) in [7, 11) is 0. The monoisotopic (exact) mass is 254 g/mol. The zero-order valence-corrected chi connectivity index (χ0v) is 10.9. The second-order valence-electron chi connectivity index (χ2n) is 4.31. The van der Waals surface area contributed by atoms with E-state index in [4.69, 9.17) is 11.6 Å². The molecule has 1 atom stereocenters. The van der Waals surface area contributed by atoms with Crippen molar-refractivity contribution in [2.24, 2.45) is 0 Å². The number of aliphatic hydroxyl groups is 1. The van der Waals surface area contributed by atoms with Crippen molar-refractivity contribution in [2.45, 2.75) is 45.1 Å². The van der Waals surface area contributed by atoms with E-state index in [1.807, 2.05) is 31.2 Å². The summed E-state index contributed by atoms with van der Waals surface area (Å²) in [5.74, 6) is 0.126. The molecule has 0 saturated carbocycles. The van der Waals surface area contributed by atoms with E-state index in [2.05, 4.69) is 0 Å². The second kappa shape index (κ2) is 7.46. The van der Waals surface area contributed by atoms with Crippen LogP contribution in [0.2, 0.25) is 5.02 Å². The van der Waals surface area contributed by atoms with Crippen molar-refractivity contribution in [3.8, 4) is 0 Å². The maximum atomic E-state index is 11.6. The van der Waals surface area contributed by atoms with Crippen LogP contribution >= 0.6 is 11.6 Å². The van der Waals surface area contributed by atoms with Crippen molar-refractivity contribution in [2.75, 3.05) is 0 Å². The molecule has 0 aromatic heterocycles. The van der Waals surface area contributed by atoms with Gasteiger partial charge < -0.3 is 5.11 Å². The molecule has 0 saturated heterocycles. The molecule has 1 N–H and O–H groups in total. The van der Waals surface area contributed by atoms with Crippen LogP contribution < -0.4 is 0 Å². The standard InChI is InChI=1S/C14H19ClO2/c1-2-3-13(16)10-14(17)9-6-11-4-7-12(15)8-5-11/h4-5,7-8,13,16H,2-3,6,9-10H2,1H3. The Balaban J connectivity index is 2.30. The third-order valence-corrected chi connectivity index (χ3v) is 2.94. The Hall–Kier alpha value is -0.860. The van der Waals surface area contributed by atoms with E-state index in [-0.39, 0.29) is 12.2 Å². The number of hydrogen-bond acceptors (Lipinski definition) is 2. The third-order valence-electron chi connectivity index (χ3n) is 2.69. The summed E-state index contributed by atoms with van der Waals surface area (Å²) in [5, 5.41) is 10.2. The molecule has 0 radical (unpaired) electrons. The minimum absolute atomic E-state index is 0.126. The second-order valence-corrected chi connectivity index (χ2v) is 4.75. The minimum atomic E-state index is -0.474. The third kappa shape index (κ3) is 5.85. The van der Waals surface area contributed by atoms with Crippen molar-refractivity contribution in [3.63, 3.8) is 0 Å². The lowest BCUT2D eigenvalue weighted by atomic mass is 10.0. The van der Waals surface area contributed by atoms with Crippen LogP contribution in [0.4, 0.5) is 0 Å². The maximum absolute atomic E-state index is 11.6. The fraction of sp³-hybridized carbons (Fsp3) is 0.500. The van der Waals surface area contributed by atoms with Gasteiger partial charge in [-0.25, -0.2) is 0 Å². The molecule has 0 amide bonds. The molecular formula is C14H19ClO2. The molecule has 1 rings (SSSR count). The number of carbonyl (C=O) groups excluding carboxylic acids is 1. The Morgan fingerprint density at radius 1 is 1.35 bits per heavy atom. The highest BCUT2D eigenvalue weighted by Crippen LogP contribution is 2.12. The molecule has 1 aromatic carbocycles. The van der Waals surface area contributed by atoms with E-state index >= 15 is 0 Å². The number of hydrogen-bond donors (Lipinski definition) is 1. The van der Waals surface area contributed by atoms with Gasteiger partial charge in [0, 0.05) is 17.9 Å². The first-order valence-corrected chi connectivity index (χ1v) is 6.43. The quantitative estimate of drug-likeness (QED) is 0.810. The van der Waals surface area contributed by atoms with E-state index in [1.165, 1.54) is 0 Å². The predicted octanol–water partition coefficient (Wildman–Crippen LogP) is 3.39. The summed E-state index contributed by atoms with van der Waals surface area (Å²) in [6.45, 7) is 2.00. The van der Waals surface area contributed by atoms with Gasteiger partial charge in [0.25, 0.3) is 0 Å². The zero-order chi connectivity index (χ0) is 12.7. The van der Waals surface area contributed by atoms with Crippen LogP contribution in [-0.2, 0) is 11.2 Å². The number of aliphatic hydroxyl groups excluding tert-OH is 1. The van der Waals surface area contributed by atoms with Gasteiger partial charge in [-0.15, -0.1) is 0 Å². The smallest absolute Gasteiger partial charge is 0.135 e. The van der Waals surface area contributed by atoms with Gasteiger partial charge in [0.1, 0.15) is 5.78 Å². The van der Waals surface area contributed by atoms with Crippen LogP contribution in [-0.4, -0.2) is 17.0 Å². The molecule has 0 bridgehead atoms. The molecule has 0 heterocycles. The van der Waals surface area contributed by atoms with Crippen LogP contribution in [0.3, 0.4) is 0 Å². The maximum Gasteiger partial charge on any atom is 0.135 e. The Bertz CT molecular complexity index is 346. The first kappa shape index (κ1) is 14.2. The number of benzene rings is 1. The Morgan fingerprint density at radius 3 is 2.59 bits per heavy atom. The fourth-order valence-electron chi connectivity index (χ4n) is 1.73. The molecule has 1 unspecified atom stereocenters. The van der Waals surface area contributed by atoms with Crippen LogP contribution in [0.25, 0.3) is 0 Å². The van der Waals surface area contributed by atoms with Gasteiger partial charge in [-0.05, 0) is 30.5 Å². The van der Waals surface area contributed by atoms with Gasteiger partial charge in [0.05, 0.1) is 6.10 Å². The van der Waals surface area contributed by atoms with Crippen LogP contribution in [0, 0.1) is 0 Å². The highest BCUT2D eigenvalue weighted by molar-refractivity contribution is 6.30. The van der Waals surface area contributed by atoms with Gasteiger partial charge >= 0.3 is 0 Å². The topological polar surface area (TPSA) is 37.3 Å². The van der Waals surface area contributed by atoms with Gasteiger partial charge in [-0.1, -0.05) is 37.1 Å². The average Bonchev–Trinajstić information content (AvgIpc) is 2.28. The zero-order valence-electron chi connectivity index (χ0n) is 10.2. The number of rotatable bonds is 7. The molecule has 94 valence electrons. The summed E-state index contributed by atoms with van der Waals surface area (Å²) in [6, 6.07) is 7.51. The van der Waals surface area contributed by atoms with E-state index in [0.29, 0.717) is 17.9 Å². The van der Waals surface area contributed by atoms with Crippen LogP contribution in [0.1, 0.15) is 38.2 Å². The lowest BCUT2D eigenvalue weighted by Crippen LogP contribution is -2.13. The first-order valence-electron chi connectivity index (χ1n) is 6.06. The Morgan fingerprint density at radius 2 is 2.00 bits per heavy atom. The molecule has 3 heteroatoms. The van der Waals surface area contributed by atoms with Crippen molar-refractivity contribution >= 4 is 17.4 Å². The van der Waals surface area contributed by atoms with E-state index in [0.717, 1.165) is 18.4 Å². The van der Waals surface area contributed by atoms with Gasteiger partial charge in [-0.3, -0.25) is 4.79 Å². The molecule has 1 aromatic rings. The molecule has 0 aliphatic heterocycles. The van der Waals surface area contributed by atoms with Gasteiger partial charge in [0.15, 0.2) is 0 Å². The average molecular weight is 255 g/mol. The molecule has 2 nitrogen and oxygen atoms in total. The van der Waals surface area contributed by atoms with E-state index in [1.54, 1.807) is 0 Å². The molecule has 0 fully saturated rings. The fourth-order valence-corrected chi connectivity index (χ4v) is 1.86. The molecular weight excluding hydrogens is 236 g/mol. The largest absolute Gasteiger partial charge is 0.393 e. The molecule has 0 aliphatic rings. The highest BCUT2D eigenvalue weighted by Gasteiger charge is 2.09. The Labute approximate surface area is 108 Å². The van der Waals surface area contributed by atoms with Crippen LogP contribution in [0.15, 0.2) is 24.3 Å². The van der Waals surface area contributed by atoms with Crippen molar-refractivity contribution in [3.05, 3.63) is 34.9 Å². The lowest BCUT2D eigenvalue weighted by Gasteiger charge is -2.08. The van der Waals surface area contributed by atoms with Gasteiger partial charge in [0.2, 0.25) is 0 Å². The van der Waals surface area contributed by atoms with Gasteiger partial charge in [-0.2, -0.15) is 0 Å². The number of aryl methyl sites for hydroxylation is 1. The SMILES string of the molecule is CCCC(O)CC(=O)CCc1ccc(Cl)cc1. The number of halogens is 1. The minimum Gasteiger partial charge on any atom is -0.393 e. The van der Waals surface area contributed by atoms with Crippen molar-refractivity contribution in [1.82, 2.24) is 0 Å². The summed E-state index contributed by atoms with van der Waals surface area (Å²) in [5.41, 5.74) is 1.10. The molecule has 17 heavy (non-hydrogen) atoms. The number of Topliss-reactive ketones (excluding diaryl/α,β-unsaturated/α-hetero) is 1. The summed E-state index contributed by atoms with van der Waals surface area (Å²) >= 11 is 5.78. The summed E-state index contributed by atoms with van der Waals surface area (Å²) < 4.78 is 0. The van der Waals surface area contributed by atoms with Crippen molar-refractivity contribution in [1.29, 1.82) is 0 Å². The van der Waals surface area contributed by atoms with Crippen LogP contribution in [0.5, 0.6) is 0 Å². The normalized spacial score (nSPS) is 12.4. The molecule has 0 aliphatic carbocycles. The van der Waals surface area contributed by atoms with Crippen molar-refractivity contribution < 1.29 is 9.90 Å². The summed E-state index contributed by atoms with van der Waals surface area (Å²) in [6.07, 6.45) is 2.62. The number of ketones is 1. The Kier molecular flexibility index (Phi) is 6.23. The first-order chi connectivity index (χ1) is 8.11.